The number of amides is 1. The highest BCUT2D eigenvalue weighted by Gasteiger charge is 2.13. The molecule has 0 unspecified atom stereocenters. The average molecular weight is 429 g/mol. The summed E-state index contributed by atoms with van der Waals surface area (Å²) < 4.78 is 20.5. The summed E-state index contributed by atoms with van der Waals surface area (Å²) >= 11 is 17.9. The number of nitrogens with one attached hydrogen (secondary N) is 1. The molecule has 3 aromatic rings. The van der Waals surface area contributed by atoms with Gasteiger partial charge in [0.05, 0.1) is 11.6 Å². The Morgan fingerprint density at radius 2 is 1.93 bits per heavy atom. The van der Waals surface area contributed by atoms with Crippen LogP contribution in [0.5, 0.6) is 5.75 Å². The number of anilines is 1. The van der Waals surface area contributed by atoms with Gasteiger partial charge in [-0.1, -0.05) is 53.0 Å². The van der Waals surface area contributed by atoms with Crippen molar-refractivity contribution in [1.29, 1.82) is 0 Å². The maximum absolute atomic E-state index is 13.7. The summed E-state index contributed by atoms with van der Waals surface area (Å²) in [4.78, 5) is 12.1. The van der Waals surface area contributed by atoms with Gasteiger partial charge in [0.15, 0.2) is 12.4 Å². The second-order valence-corrected chi connectivity index (χ2v) is 6.78. The molecular weight excluding hydrogens is 416 g/mol. The van der Waals surface area contributed by atoms with Crippen LogP contribution in [0.25, 0.3) is 0 Å². The van der Waals surface area contributed by atoms with Crippen LogP contribution in [0, 0.1) is 5.82 Å². The van der Waals surface area contributed by atoms with Crippen molar-refractivity contribution in [1.82, 2.24) is 9.78 Å². The molecule has 27 heavy (non-hydrogen) atoms. The number of carbonyl (C=O) groups excluding carboxylic acids is 1. The van der Waals surface area contributed by atoms with Crippen LogP contribution in [-0.4, -0.2) is 22.3 Å². The van der Waals surface area contributed by atoms with Crippen LogP contribution < -0.4 is 10.1 Å². The SMILES string of the molecule is O=C(COc1ccc(Cl)cc1Cl)Nc1nn(Cc2ccccc2F)cc1Cl. The number of hydrogen-bond donors (Lipinski definition) is 1. The zero-order valence-electron chi connectivity index (χ0n) is 13.8. The molecule has 0 bridgehead atoms. The van der Waals surface area contributed by atoms with Gasteiger partial charge >= 0.3 is 0 Å². The van der Waals surface area contributed by atoms with Crippen molar-refractivity contribution in [3.05, 3.63) is 75.1 Å². The van der Waals surface area contributed by atoms with Crippen molar-refractivity contribution in [2.45, 2.75) is 6.54 Å². The zero-order chi connectivity index (χ0) is 19.4. The highest BCUT2D eigenvalue weighted by molar-refractivity contribution is 6.35. The number of halogens is 4. The molecule has 1 aromatic heterocycles. The number of carbonyl (C=O) groups is 1. The van der Waals surface area contributed by atoms with Crippen molar-refractivity contribution in [2.75, 3.05) is 11.9 Å². The third kappa shape index (κ3) is 5.13. The molecule has 0 saturated carbocycles. The molecule has 0 aliphatic heterocycles. The maximum Gasteiger partial charge on any atom is 0.263 e. The monoisotopic (exact) mass is 427 g/mol. The highest BCUT2D eigenvalue weighted by atomic mass is 35.5. The van der Waals surface area contributed by atoms with Gasteiger partial charge in [-0.05, 0) is 24.3 Å². The van der Waals surface area contributed by atoms with E-state index in [1.165, 1.54) is 23.0 Å². The number of rotatable bonds is 6. The molecule has 0 saturated heterocycles. The Balaban J connectivity index is 1.61. The fourth-order valence-electron chi connectivity index (χ4n) is 2.27. The Hall–Kier alpha value is -2.28. The van der Waals surface area contributed by atoms with E-state index in [9.17, 15) is 9.18 Å². The predicted molar refractivity (Wildman–Crippen MR) is 103 cm³/mol. The number of hydrogen-bond acceptors (Lipinski definition) is 3. The van der Waals surface area contributed by atoms with Gasteiger partial charge in [0.25, 0.3) is 5.91 Å². The molecule has 1 heterocycles. The number of ether oxygens (including phenoxy) is 1. The quantitative estimate of drug-likeness (QED) is 0.598. The Labute approximate surface area is 169 Å². The van der Waals surface area contributed by atoms with Crippen LogP contribution in [0.4, 0.5) is 10.2 Å². The molecule has 2 aromatic carbocycles. The molecule has 0 atom stereocenters. The lowest BCUT2D eigenvalue weighted by atomic mass is 10.2. The summed E-state index contributed by atoms with van der Waals surface area (Å²) in [5.41, 5.74) is 0.454. The van der Waals surface area contributed by atoms with Crippen molar-refractivity contribution >= 4 is 46.5 Å². The van der Waals surface area contributed by atoms with Crippen LogP contribution in [0.1, 0.15) is 5.56 Å². The Kier molecular flexibility index (Phi) is 6.21. The van der Waals surface area contributed by atoms with Crippen LogP contribution in [-0.2, 0) is 11.3 Å². The molecular formula is C18H13Cl3FN3O2. The van der Waals surface area contributed by atoms with Gasteiger partial charge in [-0.25, -0.2) is 4.39 Å². The Bertz CT molecular complexity index is 978. The lowest BCUT2D eigenvalue weighted by molar-refractivity contribution is -0.118. The van der Waals surface area contributed by atoms with Gasteiger partial charge in [-0.2, -0.15) is 5.10 Å². The summed E-state index contributed by atoms with van der Waals surface area (Å²) in [6.45, 7) is -0.114. The van der Waals surface area contributed by atoms with Gasteiger partial charge in [0.1, 0.15) is 16.6 Å². The first kappa shape index (κ1) is 19.5. The van der Waals surface area contributed by atoms with Gasteiger partial charge in [-0.15, -0.1) is 0 Å². The molecule has 9 heteroatoms. The minimum atomic E-state index is -0.473. The summed E-state index contributed by atoms with van der Waals surface area (Å²) in [5, 5.41) is 7.68. The lowest BCUT2D eigenvalue weighted by Crippen LogP contribution is -2.21. The summed E-state index contributed by atoms with van der Waals surface area (Å²) in [6.07, 6.45) is 1.50. The topological polar surface area (TPSA) is 56.1 Å². The highest BCUT2D eigenvalue weighted by Crippen LogP contribution is 2.27. The number of nitrogens with zero attached hydrogens (tertiary/aromatic N) is 2. The van der Waals surface area contributed by atoms with E-state index in [-0.39, 0.29) is 29.8 Å². The average Bonchev–Trinajstić information content (AvgIpc) is 2.95. The molecule has 0 aliphatic carbocycles. The third-order valence-corrected chi connectivity index (χ3v) is 4.32. The van der Waals surface area contributed by atoms with E-state index in [4.69, 9.17) is 39.5 Å². The fourth-order valence-corrected chi connectivity index (χ4v) is 2.93. The van der Waals surface area contributed by atoms with Gasteiger partial charge in [0, 0.05) is 16.8 Å². The summed E-state index contributed by atoms with van der Waals surface area (Å²) in [5.74, 6) is -0.335. The second kappa shape index (κ2) is 8.61. The standard InChI is InChI=1S/C18H13Cl3FN3O2/c19-12-5-6-16(13(20)7-12)27-10-17(26)23-18-14(21)9-25(24-18)8-11-3-1-2-4-15(11)22/h1-7,9H,8,10H2,(H,23,24,26). The minimum Gasteiger partial charge on any atom is -0.482 e. The van der Waals surface area contributed by atoms with E-state index in [0.717, 1.165) is 0 Å². The van der Waals surface area contributed by atoms with Crippen molar-refractivity contribution in [3.63, 3.8) is 0 Å². The van der Waals surface area contributed by atoms with Crippen molar-refractivity contribution < 1.29 is 13.9 Å². The summed E-state index contributed by atoms with van der Waals surface area (Å²) in [6, 6.07) is 11.0. The molecule has 140 valence electrons. The first-order valence-corrected chi connectivity index (χ1v) is 8.90. The van der Waals surface area contributed by atoms with Gasteiger partial charge in [-0.3, -0.25) is 9.48 Å². The number of aromatic nitrogens is 2. The second-order valence-electron chi connectivity index (χ2n) is 5.53. The zero-order valence-corrected chi connectivity index (χ0v) is 16.0. The molecule has 3 rings (SSSR count). The van der Waals surface area contributed by atoms with Crippen LogP contribution in [0.2, 0.25) is 15.1 Å². The number of benzene rings is 2. The Morgan fingerprint density at radius 1 is 1.15 bits per heavy atom. The van der Waals surface area contributed by atoms with Crippen LogP contribution >= 0.6 is 34.8 Å². The molecule has 0 radical (unpaired) electrons. The van der Waals surface area contributed by atoms with E-state index in [1.54, 1.807) is 30.3 Å². The maximum atomic E-state index is 13.7. The third-order valence-electron chi connectivity index (χ3n) is 3.52. The van der Waals surface area contributed by atoms with Gasteiger partial charge < -0.3 is 10.1 Å². The van der Waals surface area contributed by atoms with Crippen molar-refractivity contribution in [2.24, 2.45) is 0 Å². The van der Waals surface area contributed by atoms with E-state index in [2.05, 4.69) is 10.4 Å². The van der Waals surface area contributed by atoms with Crippen LogP contribution in [0.3, 0.4) is 0 Å². The predicted octanol–water partition coefficient (Wildman–Crippen LogP) is 5.05. The molecule has 0 fully saturated rings. The Morgan fingerprint density at radius 3 is 2.67 bits per heavy atom. The van der Waals surface area contributed by atoms with E-state index in [1.807, 2.05) is 0 Å². The van der Waals surface area contributed by atoms with E-state index >= 15 is 0 Å². The van der Waals surface area contributed by atoms with E-state index < -0.39 is 5.91 Å². The lowest BCUT2D eigenvalue weighted by Gasteiger charge is -2.08. The summed E-state index contributed by atoms with van der Waals surface area (Å²) in [7, 11) is 0. The van der Waals surface area contributed by atoms with E-state index in [0.29, 0.717) is 21.4 Å². The first-order chi connectivity index (χ1) is 12.9. The van der Waals surface area contributed by atoms with Crippen molar-refractivity contribution in [3.8, 4) is 5.75 Å². The fraction of sp³-hybridized carbons (Fsp3) is 0.111. The van der Waals surface area contributed by atoms with Gasteiger partial charge in [0.2, 0.25) is 0 Å². The molecule has 0 aliphatic rings. The molecule has 0 spiro atoms. The minimum absolute atomic E-state index is 0.156. The molecule has 1 N–H and O–H groups in total. The molecule has 5 nitrogen and oxygen atoms in total. The molecule has 1 amide bonds. The normalized spacial score (nSPS) is 10.7. The largest absolute Gasteiger partial charge is 0.482 e. The van der Waals surface area contributed by atoms with Crippen LogP contribution in [0.15, 0.2) is 48.7 Å². The smallest absolute Gasteiger partial charge is 0.263 e. The first-order valence-electron chi connectivity index (χ1n) is 7.76.